The molecular formula is C25H25FN2O4. The molecule has 3 aromatic rings. The first-order chi connectivity index (χ1) is 15.4. The summed E-state index contributed by atoms with van der Waals surface area (Å²) in [6.07, 6.45) is -0.880. The van der Waals surface area contributed by atoms with Crippen LogP contribution in [0.25, 0.3) is 0 Å². The highest BCUT2D eigenvalue weighted by Gasteiger charge is 2.19. The third kappa shape index (κ3) is 6.84. The minimum Gasteiger partial charge on any atom is -0.447 e. The van der Waals surface area contributed by atoms with E-state index in [1.165, 1.54) is 35.2 Å². The van der Waals surface area contributed by atoms with Crippen LogP contribution < -0.4 is 15.0 Å². The van der Waals surface area contributed by atoms with Crippen molar-refractivity contribution in [3.05, 3.63) is 90.2 Å². The van der Waals surface area contributed by atoms with Gasteiger partial charge in [-0.1, -0.05) is 36.4 Å². The Kier molecular flexibility index (Phi) is 7.80. The van der Waals surface area contributed by atoms with E-state index in [0.717, 1.165) is 5.56 Å². The fourth-order valence-electron chi connectivity index (χ4n) is 2.99. The third-order valence-corrected chi connectivity index (χ3v) is 4.45. The van der Waals surface area contributed by atoms with Crippen molar-refractivity contribution in [2.75, 3.05) is 16.8 Å². The zero-order chi connectivity index (χ0) is 22.9. The standard InChI is InChI=1S/C25H25FN2O4/c1-18(2)31-24(29)27-21-9-6-10-23(17-21)32-25(30)28(22-13-11-20(26)12-14-22)16-15-19-7-4-3-5-8-19/h3-14,17-18H,15-16H2,1-2H3,(H,27,29). The van der Waals surface area contributed by atoms with E-state index in [4.69, 9.17) is 9.47 Å². The van der Waals surface area contributed by atoms with Crippen molar-refractivity contribution < 1.29 is 23.5 Å². The monoisotopic (exact) mass is 436 g/mol. The van der Waals surface area contributed by atoms with Gasteiger partial charge in [0.15, 0.2) is 0 Å². The van der Waals surface area contributed by atoms with Gasteiger partial charge in [0.05, 0.1) is 6.10 Å². The molecule has 3 rings (SSSR count). The Morgan fingerprint density at radius 2 is 1.69 bits per heavy atom. The van der Waals surface area contributed by atoms with Crippen LogP contribution in [0.2, 0.25) is 0 Å². The van der Waals surface area contributed by atoms with Crippen molar-refractivity contribution in [2.45, 2.75) is 26.4 Å². The fraction of sp³-hybridized carbons (Fsp3) is 0.200. The largest absolute Gasteiger partial charge is 0.447 e. The van der Waals surface area contributed by atoms with E-state index in [1.807, 2.05) is 30.3 Å². The van der Waals surface area contributed by atoms with Gasteiger partial charge in [-0.15, -0.1) is 0 Å². The van der Waals surface area contributed by atoms with Gasteiger partial charge in [0, 0.05) is 24.0 Å². The molecule has 0 saturated carbocycles. The molecule has 7 heteroatoms. The highest BCUT2D eigenvalue weighted by Crippen LogP contribution is 2.22. The number of anilines is 2. The lowest BCUT2D eigenvalue weighted by Gasteiger charge is -2.22. The average molecular weight is 436 g/mol. The van der Waals surface area contributed by atoms with E-state index < -0.39 is 18.0 Å². The Morgan fingerprint density at radius 3 is 2.38 bits per heavy atom. The molecule has 0 fully saturated rings. The highest BCUT2D eigenvalue weighted by molar-refractivity contribution is 5.89. The van der Waals surface area contributed by atoms with Crippen LogP contribution in [-0.2, 0) is 11.2 Å². The third-order valence-electron chi connectivity index (χ3n) is 4.45. The summed E-state index contributed by atoms with van der Waals surface area (Å²) in [4.78, 5) is 26.3. The minimum atomic E-state index is -0.616. The number of nitrogens with one attached hydrogen (secondary N) is 1. The number of hydrogen-bond donors (Lipinski definition) is 1. The maximum atomic E-state index is 13.4. The Morgan fingerprint density at radius 1 is 0.969 bits per heavy atom. The molecule has 32 heavy (non-hydrogen) atoms. The predicted molar refractivity (Wildman–Crippen MR) is 122 cm³/mol. The molecule has 0 bridgehead atoms. The lowest BCUT2D eigenvalue weighted by molar-refractivity contribution is 0.130. The zero-order valence-corrected chi connectivity index (χ0v) is 18.0. The first kappa shape index (κ1) is 22.8. The summed E-state index contributed by atoms with van der Waals surface area (Å²) in [7, 11) is 0. The number of hydrogen-bond acceptors (Lipinski definition) is 4. The zero-order valence-electron chi connectivity index (χ0n) is 18.0. The lowest BCUT2D eigenvalue weighted by atomic mass is 10.1. The maximum Gasteiger partial charge on any atom is 0.419 e. The molecule has 0 atom stereocenters. The number of halogens is 1. The van der Waals surface area contributed by atoms with E-state index in [9.17, 15) is 14.0 Å². The molecule has 0 heterocycles. The van der Waals surface area contributed by atoms with Crippen LogP contribution in [0.3, 0.4) is 0 Å². The lowest BCUT2D eigenvalue weighted by Crippen LogP contribution is -2.35. The summed E-state index contributed by atoms with van der Waals surface area (Å²) < 4.78 is 24.0. The van der Waals surface area contributed by atoms with E-state index in [0.29, 0.717) is 24.3 Å². The maximum absolute atomic E-state index is 13.4. The van der Waals surface area contributed by atoms with E-state index in [1.54, 1.807) is 32.0 Å². The number of rotatable bonds is 7. The van der Waals surface area contributed by atoms with Crippen molar-refractivity contribution in [2.24, 2.45) is 0 Å². The molecule has 0 spiro atoms. The molecule has 0 aliphatic rings. The minimum absolute atomic E-state index is 0.254. The molecule has 166 valence electrons. The smallest absolute Gasteiger partial charge is 0.419 e. The Labute approximate surface area is 186 Å². The molecule has 3 aromatic carbocycles. The van der Waals surface area contributed by atoms with Gasteiger partial charge in [-0.05, 0) is 62.2 Å². The molecule has 0 aliphatic heterocycles. The van der Waals surface area contributed by atoms with E-state index in [-0.39, 0.29) is 11.9 Å². The van der Waals surface area contributed by atoms with Crippen LogP contribution >= 0.6 is 0 Å². The highest BCUT2D eigenvalue weighted by atomic mass is 19.1. The topological polar surface area (TPSA) is 67.9 Å². The van der Waals surface area contributed by atoms with Crippen LogP contribution in [0, 0.1) is 5.82 Å². The number of amides is 2. The second-order valence-electron chi connectivity index (χ2n) is 7.34. The van der Waals surface area contributed by atoms with Gasteiger partial charge in [0.1, 0.15) is 11.6 Å². The summed E-state index contributed by atoms with van der Waals surface area (Å²) in [5.41, 5.74) is 2.00. The van der Waals surface area contributed by atoms with Gasteiger partial charge in [0.25, 0.3) is 0 Å². The van der Waals surface area contributed by atoms with Crippen LogP contribution in [-0.4, -0.2) is 24.8 Å². The fourth-order valence-corrected chi connectivity index (χ4v) is 2.99. The van der Waals surface area contributed by atoms with Crippen LogP contribution in [0.1, 0.15) is 19.4 Å². The van der Waals surface area contributed by atoms with E-state index in [2.05, 4.69) is 5.32 Å². The molecule has 0 aromatic heterocycles. The summed E-state index contributed by atoms with van der Waals surface area (Å²) in [5, 5.41) is 2.59. The quantitative estimate of drug-likeness (QED) is 0.491. The number of carbonyl (C=O) groups is 2. The van der Waals surface area contributed by atoms with Gasteiger partial charge < -0.3 is 9.47 Å². The van der Waals surface area contributed by atoms with Gasteiger partial charge in [-0.2, -0.15) is 0 Å². The normalized spacial score (nSPS) is 10.5. The van der Waals surface area contributed by atoms with Crippen molar-refractivity contribution in [1.29, 1.82) is 0 Å². The van der Waals surface area contributed by atoms with Gasteiger partial charge in [0.2, 0.25) is 0 Å². The predicted octanol–water partition coefficient (Wildman–Crippen LogP) is 6.03. The Bertz CT molecular complexity index is 1040. The molecule has 0 aliphatic carbocycles. The first-order valence-electron chi connectivity index (χ1n) is 10.3. The molecule has 1 N–H and O–H groups in total. The molecule has 6 nitrogen and oxygen atoms in total. The van der Waals surface area contributed by atoms with Crippen LogP contribution in [0.4, 0.5) is 25.4 Å². The van der Waals surface area contributed by atoms with Crippen molar-refractivity contribution in [3.63, 3.8) is 0 Å². The number of benzene rings is 3. The van der Waals surface area contributed by atoms with Gasteiger partial charge in [-0.25, -0.2) is 14.0 Å². The summed E-state index contributed by atoms with van der Waals surface area (Å²) >= 11 is 0. The number of ether oxygens (including phenoxy) is 2. The number of nitrogens with zero attached hydrogens (tertiary/aromatic N) is 1. The van der Waals surface area contributed by atoms with Crippen LogP contribution in [0.15, 0.2) is 78.9 Å². The first-order valence-corrected chi connectivity index (χ1v) is 10.3. The van der Waals surface area contributed by atoms with Crippen molar-refractivity contribution in [1.82, 2.24) is 0 Å². The molecule has 0 radical (unpaired) electrons. The second-order valence-corrected chi connectivity index (χ2v) is 7.34. The SMILES string of the molecule is CC(C)OC(=O)Nc1cccc(OC(=O)N(CCc2ccccc2)c2ccc(F)cc2)c1. The molecule has 0 saturated heterocycles. The average Bonchev–Trinajstić information content (AvgIpc) is 2.75. The Hall–Kier alpha value is -3.87. The van der Waals surface area contributed by atoms with E-state index >= 15 is 0 Å². The van der Waals surface area contributed by atoms with Crippen LogP contribution in [0.5, 0.6) is 5.75 Å². The summed E-state index contributed by atoms with van der Waals surface area (Å²) in [5.74, 6) is -0.138. The second kappa shape index (κ2) is 10.9. The molecule has 0 unspecified atom stereocenters. The van der Waals surface area contributed by atoms with Crippen molar-refractivity contribution in [3.8, 4) is 5.75 Å². The van der Waals surface area contributed by atoms with Crippen molar-refractivity contribution >= 4 is 23.6 Å². The van der Waals surface area contributed by atoms with Gasteiger partial charge >= 0.3 is 12.2 Å². The summed E-state index contributed by atoms with van der Waals surface area (Å²) in [6.45, 7) is 3.83. The number of carbonyl (C=O) groups excluding carboxylic acids is 2. The molecular weight excluding hydrogens is 411 g/mol. The summed E-state index contributed by atoms with van der Waals surface area (Å²) in [6, 6.07) is 21.8. The van der Waals surface area contributed by atoms with Gasteiger partial charge in [-0.3, -0.25) is 10.2 Å². The molecule has 2 amide bonds. The Balaban J connectivity index is 1.73.